The topological polar surface area (TPSA) is 52.0 Å². The van der Waals surface area contributed by atoms with Crippen molar-refractivity contribution < 1.29 is 5.11 Å². The maximum atomic E-state index is 12.4. The third-order valence-corrected chi connectivity index (χ3v) is 6.56. The van der Waals surface area contributed by atoms with Crippen LogP contribution >= 0.6 is 0 Å². The minimum absolute atomic E-state index is 0.0911. The Morgan fingerprint density at radius 3 is 2.07 bits per heavy atom. The molecule has 4 rings (SSSR count). The predicted octanol–water partition coefficient (Wildman–Crippen LogP) is 2.39. The predicted molar refractivity (Wildman–Crippen MR) is 119 cm³/mol. The highest BCUT2D eigenvalue weighted by molar-refractivity contribution is 5.30. The molecule has 2 aliphatic heterocycles. The van der Waals surface area contributed by atoms with Gasteiger partial charge in [-0.25, -0.2) is 0 Å². The van der Waals surface area contributed by atoms with E-state index in [0.29, 0.717) is 6.54 Å². The summed E-state index contributed by atoms with van der Waals surface area (Å²) in [5, 5.41) is 10.5. The Hall–Kier alpha value is -2.15. The Morgan fingerprint density at radius 2 is 1.40 bits per heavy atom. The molecule has 0 saturated carbocycles. The van der Waals surface area contributed by atoms with Crippen LogP contribution in [0.15, 0.2) is 41.2 Å². The van der Waals surface area contributed by atoms with E-state index in [2.05, 4.69) is 45.0 Å². The lowest BCUT2D eigenvalue weighted by Gasteiger charge is -2.35. The number of piperazine rings is 1. The first-order valence-corrected chi connectivity index (χ1v) is 11.2. The number of piperidine rings is 1. The molecule has 1 N–H and O–H groups in total. The Morgan fingerprint density at radius 1 is 0.800 bits per heavy atom. The van der Waals surface area contributed by atoms with Crippen LogP contribution in [-0.2, 0) is 26.7 Å². The lowest BCUT2D eigenvalue weighted by atomic mass is 10.1. The third kappa shape index (κ3) is 5.12. The van der Waals surface area contributed by atoms with Crippen molar-refractivity contribution in [3.05, 3.63) is 63.6 Å². The van der Waals surface area contributed by atoms with Gasteiger partial charge in [-0.3, -0.25) is 19.5 Å². The quantitative estimate of drug-likeness (QED) is 0.793. The van der Waals surface area contributed by atoms with Gasteiger partial charge < -0.3 is 9.67 Å². The second-order valence-corrected chi connectivity index (χ2v) is 8.73. The standard InChI is InChI=1S/C24H34N4O2/c1-25-21(18-26-10-6-3-7-11-26)16-23(29)24(30)22(25)19-28-14-12-27(13-15-28)17-20-8-4-2-5-9-20/h2,4-5,8-9,16,30H,3,6-7,10-15,17-19H2,1H3. The van der Waals surface area contributed by atoms with E-state index in [1.807, 2.05) is 11.6 Å². The molecule has 2 aliphatic rings. The summed E-state index contributed by atoms with van der Waals surface area (Å²) in [6.07, 6.45) is 3.75. The van der Waals surface area contributed by atoms with E-state index in [9.17, 15) is 9.90 Å². The zero-order valence-corrected chi connectivity index (χ0v) is 18.1. The minimum Gasteiger partial charge on any atom is -0.503 e. The molecule has 1 aromatic heterocycles. The van der Waals surface area contributed by atoms with Gasteiger partial charge in [-0.15, -0.1) is 0 Å². The molecule has 1 aromatic carbocycles. The van der Waals surface area contributed by atoms with Crippen LogP contribution < -0.4 is 5.43 Å². The van der Waals surface area contributed by atoms with E-state index < -0.39 is 0 Å². The Labute approximate surface area is 179 Å². The molecule has 2 fully saturated rings. The number of hydrogen-bond donors (Lipinski definition) is 1. The summed E-state index contributed by atoms with van der Waals surface area (Å²) in [7, 11) is 1.99. The van der Waals surface area contributed by atoms with Gasteiger partial charge in [0.25, 0.3) is 0 Å². The highest BCUT2D eigenvalue weighted by atomic mass is 16.3. The molecule has 6 heteroatoms. The second-order valence-electron chi connectivity index (χ2n) is 8.73. The SMILES string of the molecule is Cn1c(CN2CCCCC2)cc(=O)c(O)c1CN1CCN(Cc2ccccc2)CC1. The summed E-state index contributed by atoms with van der Waals surface area (Å²) < 4.78 is 2.04. The van der Waals surface area contributed by atoms with Crippen LogP contribution in [0.4, 0.5) is 0 Å². The van der Waals surface area contributed by atoms with Gasteiger partial charge in [0.1, 0.15) is 0 Å². The van der Waals surface area contributed by atoms with Gasteiger partial charge >= 0.3 is 0 Å². The molecule has 162 valence electrons. The zero-order valence-electron chi connectivity index (χ0n) is 18.1. The van der Waals surface area contributed by atoms with Crippen LogP contribution in [0.1, 0.15) is 36.2 Å². The fourth-order valence-electron chi connectivity index (χ4n) is 4.63. The molecular weight excluding hydrogens is 376 g/mol. The summed E-state index contributed by atoms with van der Waals surface area (Å²) in [5.74, 6) is -0.0911. The van der Waals surface area contributed by atoms with Crippen LogP contribution in [0.5, 0.6) is 5.75 Å². The molecule has 0 radical (unpaired) electrons. The largest absolute Gasteiger partial charge is 0.503 e. The van der Waals surface area contributed by atoms with Gasteiger partial charge in [-0.2, -0.15) is 0 Å². The highest BCUT2D eigenvalue weighted by Gasteiger charge is 2.21. The number of pyridine rings is 1. The zero-order chi connectivity index (χ0) is 20.9. The van der Waals surface area contributed by atoms with Crippen LogP contribution in [0.3, 0.4) is 0 Å². The van der Waals surface area contributed by atoms with Crippen molar-refractivity contribution in [2.45, 2.75) is 38.9 Å². The van der Waals surface area contributed by atoms with Gasteiger partial charge in [0.05, 0.1) is 5.69 Å². The summed E-state index contributed by atoms with van der Waals surface area (Å²) in [5.41, 5.74) is 2.83. The molecule has 0 bridgehead atoms. The van der Waals surface area contributed by atoms with Crippen molar-refractivity contribution >= 4 is 0 Å². The second kappa shape index (κ2) is 9.77. The van der Waals surface area contributed by atoms with E-state index >= 15 is 0 Å². The third-order valence-electron chi connectivity index (χ3n) is 6.56. The van der Waals surface area contributed by atoms with Crippen molar-refractivity contribution in [2.24, 2.45) is 7.05 Å². The number of aromatic hydroxyl groups is 1. The minimum atomic E-state index is -0.252. The number of likely N-dealkylation sites (tertiary alicyclic amines) is 1. The molecule has 30 heavy (non-hydrogen) atoms. The number of benzene rings is 1. The van der Waals surface area contributed by atoms with E-state index in [1.54, 1.807) is 6.07 Å². The Kier molecular flexibility index (Phi) is 6.87. The average molecular weight is 411 g/mol. The summed E-state index contributed by atoms with van der Waals surface area (Å²) in [6.45, 7) is 8.43. The number of rotatable bonds is 6. The molecule has 0 atom stereocenters. The molecular formula is C24H34N4O2. The first kappa shape index (κ1) is 21.1. The molecule has 2 aromatic rings. The Balaban J connectivity index is 1.39. The number of hydrogen-bond acceptors (Lipinski definition) is 5. The van der Waals surface area contributed by atoms with Crippen molar-refractivity contribution in [1.29, 1.82) is 0 Å². The van der Waals surface area contributed by atoms with Crippen molar-refractivity contribution in [3.8, 4) is 5.75 Å². The first-order chi connectivity index (χ1) is 14.6. The molecule has 2 saturated heterocycles. The molecule has 0 spiro atoms. The van der Waals surface area contributed by atoms with E-state index in [1.165, 1.54) is 24.8 Å². The first-order valence-electron chi connectivity index (χ1n) is 11.2. The van der Waals surface area contributed by atoms with Crippen LogP contribution in [0.2, 0.25) is 0 Å². The van der Waals surface area contributed by atoms with Gasteiger partial charge in [0, 0.05) is 64.6 Å². The smallest absolute Gasteiger partial charge is 0.223 e. The normalized spacial score (nSPS) is 19.2. The molecule has 3 heterocycles. The molecule has 0 amide bonds. The Bertz CT molecular complexity index is 882. The molecule has 0 unspecified atom stereocenters. The van der Waals surface area contributed by atoms with Crippen molar-refractivity contribution in [3.63, 3.8) is 0 Å². The maximum Gasteiger partial charge on any atom is 0.223 e. The van der Waals surface area contributed by atoms with E-state index in [0.717, 1.165) is 63.7 Å². The van der Waals surface area contributed by atoms with Crippen molar-refractivity contribution in [2.75, 3.05) is 39.3 Å². The fourth-order valence-corrected chi connectivity index (χ4v) is 4.63. The average Bonchev–Trinajstić information content (AvgIpc) is 2.78. The molecule has 0 aliphatic carbocycles. The lowest BCUT2D eigenvalue weighted by Crippen LogP contribution is -2.45. The van der Waals surface area contributed by atoms with Gasteiger partial charge in [-0.1, -0.05) is 36.8 Å². The number of nitrogens with zero attached hydrogens (tertiary/aromatic N) is 4. The molecule has 6 nitrogen and oxygen atoms in total. The van der Waals surface area contributed by atoms with Crippen LogP contribution in [-0.4, -0.2) is 63.6 Å². The summed E-state index contributed by atoms with van der Waals surface area (Å²) in [6, 6.07) is 12.2. The lowest BCUT2D eigenvalue weighted by molar-refractivity contribution is 0.119. The summed E-state index contributed by atoms with van der Waals surface area (Å²) >= 11 is 0. The van der Waals surface area contributed by atoms with Gasteiger partial charge in [0.2, 0.25) is 5.43 Å². The van der Waals surface area contributed by atoms with E-state index in [-0.39, 0.29) is 11.2 Å². The monoisotopic (exact) mass is 410 g/mol. The van der Waals surface area contributed by atoms with Gasteiger partial charge in [0.15, 0.2) is 5.75 Å². The van der Waals surface area contributed by atoms with Crippen LogP contribution in [0.25, 0.3) is 0 Å². The highest BCUT2D eigenvalue weighted by Crippen LogP contribution is 2.20. The van der Waals surface area contributed by atoms with Crippen molar-refractivity contribution in [1.82, 2.24) is 19.3 Å². The maximum absolute atomic E-state index is 12.4. The fraction of sp³-hybridized carbons (Fsp3) is 0.542. The van der Waals surface area contributed by atoms with Crippen LogP contribution in [0, 0.1) is 0 Å². The van der Waals surface area contributed by atoms with Gasteiger partial charge in [-0.05, 0) is 31.5 Å². The summed E-state index contributed by atoms with van der Waals surface area (Å²) in [4.78, 5) is 19.7. The number of aromatic nitrogens is 1. The van der Waals surface area contributed by atoms with E-state index in [4.69, 9.17) is 0 Å².